The molecule has 0 aliphatic carbocycles. The summed E-state index contributed by atoms with van der Waals surface area (Å²) in [5.41, 5.74) is 0.959. The maximum atomic E-state index is 12.6. The lowest BCUT2D eigenvalue weighted by molar-refractivity contribution is -0.155. The molecular formula is C21H24N2O4. The standard InChI is InChI=1S/C21H24N2O4/c1-21(22-19(24)11-15-7-5-4-6-8-15)14-23(20(21)25)13-16-9-10-17(26-2)12-18(16)27-3/h4-10,12H,11,13-14H2,1-3H3,(H,22,24). The lowest BCUT2D eigenvalue weighted by Gasteiger charge is -2.47. The molecule has 142 valence electrons. The fraction of sp³-hybridized carbons (Fsp3) is 0.333. The van der Waals surface area contributed by atoms with Crippen molar-refractivity contribution in [3.63, 3.8) is 0 Å². The predicted octanol–water partition coefficient (Wildman–Crippen LogP) is 2.16. The molecule has 0 spiro atoms. The molecule has 2 aromatic carbocycles. The van der Waals surface area contributed by atoms with Crippen molar-refractivity contribution in [3.8, 4) is 11.5 Å². The van der Waals surface area contributed by atoms with Gasteiger partial charge in [-0.25, -0.2) is 0 Å². The van der Waals surface area contributed by atoms with E-state index in [1.165, 1.54) is 0 Å². The second-order valence-corrected chi connectivity index (χ2v) is 6.88. The van der Waals surface area contributed by atoms with Gasteiger partial charge in [-0.3, -0.25) is 9.59 Å². The first-order valence-electron chi connectivity index (χ1n) is 8.80. The topological polar surface area (TPSA) is 67.9 Å². The van der Waals surface area contributed by atoms with Crippen molar-refractivity contribution < 1.29 is 19.1 Å². The Kier molecular flexibility index (Phi) is 5.35. The zero-order valence-corrected chi connectivity index (χ0v) is 15.8. The fourth-order valence-electron chi connectivity index (χ4n) is 3.32. The van der Waals surface area contributed by atoms with Crippen LogP contribution in [0.5, 0.6) is 11.5 Å². The molecule has 1 N–H and O–H groups in total. The minimum atomic E-state index is -0.856. The summed E-state index contributed by atoms with van der Waals surface area (Å²) in [7, 11) is 3.18. The number of nitrogens with one attached hydrogen (secondary N) is 1. The van der Waals surface area contributed by atoms with E-state index in [0.29, 0.717) is 24.6 Å². The van der Waals surface area contributed by atoms with E-state index in [2.05, 4.69) is 5.32 Å². The maximum Gasteiger partial charge on any atom is 0.250 e. The molecule has 6 heteroatoms. The van der Waals surface area contributed by atoms with Gasteiger partial charge in [-0.2, -0.15) is 0 Å². The molecule has 1 aliphatic rings. The molecular weight excluding hydrogens is 344 g/mol. The molecule has 2 amide bonds. The lowest BCUT2D eigenvalue weighted by Crippen LogP contribution is -2.72. The van der Waals surface area contributed by atoms with Gasteiger partial charge in [0.05, 0.1) is 27.2 Å². The summed E-state index contributed by atoms with van der Waals surface area (Å²) in [4.78, 5) is 26.6. The number of carbonyl (C=O) groups excluding carboxylic acids is 2. The second-order valence-electron chi connectivity index (χ2n) is 6.88. The number of hydrogen-bond donors (Lipinski definition) is 1. The number of methoxy groups -OCH3 is 2. The van der Waals surface area contributed by atoms with Gasteiger partial charge in [0.15, 0.2) is 0 Å². The summed E-state index contributed by atoms with van der Waals surface area (Å²) < 4.78 is 10.6. The van der Waals surface area contributed by atoms with Gasteiger partial charge in [0.2, 0.25) is 11.8 Å². The smallest absolute Gasteiger partial charge is 0.250 e. The third-order valence-electron chi connectivity index (χ3n) is 4.74. The van der Waals surface area contributed by atoms with Crippen LogP contribution in [0.2, 0.25) is 0 Å². The number of carbonyl (C=O) groups is 2. The van der Waals surface area contributed by atoms with E-state index >= 15 is 0 Å². The van der Waals surface area contributed by atoms with Crippen molar-refractivity contribution in [2.75, 3.05) is 20.8 Å². The van der Waals surface area contributed by atoms with E-state index in [1.807, 2.05) is 42.5 Å². The van der Waals surface area contributed by atoms with E-state index in [9.17, 15) is 9.59 Å². The molecule has 0 radical (unpaired) electrons. The number of β-lactam (4-membered cyclic amide) rings is 1. The molecule has 1 heterocycles. The van der Waals surface area contributed by atoms with Crippen molar-refractivity contribution in [2.45, 2.75) is 25.4 Å². The highest BCUT2D eigenvalue weighted by Gasteiger charge is 2.49. The Bertz CT molecular complexity index is 837. The van der Waals surface area contributed by atoms with Crippen LogP contribution in [0, 0.1) is 0 Å². The molecule has 0 aromatic heterocycles. The van der Waals surface area contributed by atoms with Gasteiger partial charge >= 0.3 is 0 Å². The first-order chi connectivity index (χ1) is 12.9. The van der Waals surface area contributed by atoms with Crippen molar-refractivity contribution >= 4 is 11.8 Å². The zero-order chi connectivity index (χ0) is 19.4. The highest BCUT2D eigenvalue weighted by atomic mass is 16.5. The third-order valence-corrected chi connectivity index (χ3v) is 4.74. The Morgan fingerprint density at radius 1 is 1.15 bits per heavy atom. The molecule has 2 aromatic rings. The molecule has 3 rings (SSSR count). The van der Waals surface area contributed by atoms with Crippen LogP contribution in [0.15, 0.2) is 48.5 Å². The van der Waals surface area contributed by atoms with E-state index < -0.39 is 5.54 Å². The molecule has 0 saturated carbocycles. The first kappa shape index (κ1) is 18.8. The van der Waals surface area contributed by atoms with Crippen molar-refractivity contribution in [3.05, 3.63) is 59.7 Å². The number of nitrogens with zero attached hydrogens (tertiary/aromatic N) is 1. The van der Waals surface area contributed by atoms with E-state index in [1.54, 1.807) is 32.1 Å². The van der Waals surface area contributed by atoms with Gasteiger partial charge in [-0.1, -0.05) is 30.3 Å². The summed E-state index contributed by atoms with van der Waals surface area (Å²) >= 11 is 0. The molecule has 27 heavy (non-hydrogen) atoms. The average molecular weight is 368 g/mol. The quantitative estimate of drug-likeness (QED) is 0.761. The number of ether oxygens (including phenoxy) is 2. The predicted molar refractivity (Wildman–Crippen MR) is 102 cm³/mol. The monoisotopic (exact) mass is 368 g/mol. The first-order valence-corrected chi connectivity index (χ1v) is 8.80. The van der Waals surface area contributed by atoms with Crippen molar-refractivity contribution in [2.24, 2.45) is 0 Å². The Morgan fingerprint density at radius 3 is 2.52 bits per heavy atom. The number of benzene rings is 2. The highest BCUT2D eigenvalue weighted by Crippen LogP contribution is 2.30. The SMILES string of the molecule is COc1ccc(CN2CC(C)(NC(=O)Cc3ccccc3)C2=O)c(OC)c1. The molecule has 1 saturated heterocycles. The zero-order valence-electron chi connectivity index (χ0n) is 15.8. The number of amides is 2. The number of likely N-dealkylation sites (tertiary alicyclic amines) is 1. The van der Waals surface area contributed by atoms with Crippen LogP contribution in [-0.2, 0) is 22.6 Å². The van der Waals surface area contributed by atoms with Gasteiger partial charge in [-0.05, 0) is 24.6 Å². The van der Waals surface area contributed by atoms with Crippen LogP contribution in [0.3, 0.4) is 0 Å². The summed E-state index contributed by atoms with van der Waals surface area (Å²) in [6.07, 6.45) is 0.260. The normalized spacial score (nSPS) is 18.6. The Balaban J connectivity index is 1.60. The van der Waals surface area contributed by atoms with Gasteiger partial charge < -0.3 is 19.7 Å². The molecule has 1 atom stereocenters. The Morgan fingerprint density at radius 2 is 1.89 bits per heavy atom. The van der Waals surface area contributed by atoms with Gasteiger partial charge in [0, 0.05) is 18.2 Å². The van der Waals surface area contributed by atoms with Crippen molar-refractivity contribution in [1.29, 1.82) is 0 Å². The van der Waals surface area contributed by atoms with Gasteiger partial charge in [0.25, 0.3) is 0 Å². The number of hydrogen-bond acceptors (Lipinski definition) is 4. The maximum absolute atomic E-state index is 12.6. The molecule has 0 bridgehead atoms. The lowest BCUT2D eigenvalue weighted by atomic mass is 9.89. The summed E-state index contributed by atoms with van der Waals surface area (Å²) in [6.45, 7) is 2.65. The van der Waals surface area contributed by atoms with Crippen LogP contribution in [0.25, 0.3) is 0 Å². The molecule has 6 nitrogen and oxygen atoms in total. The van der Waals surface area contributed by atoms with Crippen LogP contribution in [-0.4, -0.2) is 43.0 Å². The minimum Gasteiger partial charge on any atom is -0.497 e. The van der Waals surface area contributed by atoms with Crippen LogP contribution in [0.4, 0.5) is 0 Å². The Hall–Kier alpha value is -3.02. The Labute approximate surface area is 159 Å². The van der Waals surface area contributed by atoms with E-state index in [4.69, 9.17) is 9.47 Å². The highest BCUT2D eigenvalue weighted by molar-refractivity contribution is 5.96. The van der Waals surface area contributed by atoms with Crippen LogP contribution < -0.4 is 14.8 Å². The van der Waals surface area contributed by atoms with E-state index in [-0.39, 0.29) is 18.2 Å². The van der Waals surface area contributed by atoms with Crippen molar-refractivity contribution in [1.82, 2.24) is 10.2 Å². The molecule has 1 unspecified atom stereocenters. The van der Waals surface area contributed by atoms with Crippen LogP contribution >= 0.6 is 0 Å². The van der Waals surface area contributed by atoms with Crippen LogP contribution in [0.1, 0.15) is 18.1 Å². The molecule has 1 aliphatic heterocycles. The van der Waals surface area contributed by atoms with Gasteiger partial charge in [-0.15, -0.1) is 0 Å². The number of rotatable bonds is 7. The summed E-state index contributed by atoms with van der Waals surface area (Å²) in [6, 6.07) is 15.0. The van der Waals surface area contributed by atoms with E-state index in [0.717, 1.165) is 11.1 Å². The third kappa shape index (κ3) is 4.05. The molecule has 1 fully saturated rings. The summed E-state index contributed by atoms with van der Waals surface area (Å²) in [5, 5.41) is 2.87. The fourth-order valence-corrected chi connectivity index (χ4v) is 3.32. The van der Waals surface area contributed by atoms with Gasteiger partial charge in [0.1, 0.15) is 17.0 Å². The largest absolute Gasteiger partial charge is 0.497 e. The average Bonchev–Trinajstić information content (AvgIpc) is 2.68. The summed E-state index contributed by atoms with van der Waals surface area (Å²) in [5.74, 6) is 1.12. The minimum absolute atomic E-state index is 0.0956. The second kappa shape index (κ2) is 7.70.